The van der Waals surface area contributed by atoms with E-state index in [4.69, 9.17) is 13.9 Å². The highest BCUT2D eigenvalue weighted by Crippen LogP contribution is 2.35. The van der Waals surface area contributed by atoms with Crippen LogP contribution in [0.5, 0.6) is 5.88 Å². The largest absolute Gasteiger partial charge is 0.477 e. The number of hydrogen-bond acceptors (Lipinski definition) is 7. The van der Waals surface area contributed by atoms with Crippen LogP contribution in [0.1, 0.15) is 42.4 Å². The number of ether oxygens (including phenoxy) is 2. The molecule has 0 saturated carbocycles. The first-order chi connectivity index (χ1) is 15.7. The molecular weight excluding hydrogens is 404 g/mol. The van der Waals surface area contributed by atoms with E-state index in [9.17, 15) is 0 Å². The van der Waals surface area contributed by atoms with E-state index >= 15 is 0 Å². The lowest BCUT2D eigenvalue weighted by Gasteiger charge is -2.33. The van der Waals surface area contributed by atoms with Gasteiger partial charge in [0.2, 0.25) is 5.88 Å². The quantitative estimate of drug-likeness (QED) is 0.744. The fourth-order valence-electron chi connectivity index (χ4n) is 4.80. The normalized spacial score (nSPS) is 22.5. The summed E-state index contributed by atoms with van der Waals surface area (Å²) in [6.45, 7) is 9.45. The lowest BCUT2D eigenvalue weighted by atomic mass is 9.99. The zero-order valence-electron chi connectivity index (χ0n) is 19.2. The van der Waals surface area contributed by atoms with Gasteiger partial charge in [-0.1, -0.05) is 0 Å². The summed E-state index contributed by atoms with van der Waals surface area (Å²) in [6.07, 6.45) is 6.11. The number of pyridine rings is 1. The van der Waals surface area contributed by atoms with Crippen molar-refractivity contribution < 1.29 is 13.9 Å². The molecule has 7 nitrogen and oxygen atoms in total. The second-order valence-electron chi connectivity index (χ2n) is 9.30. The van der Waals surface area contributed by atoms with Crippen molar-refractivity contribution >= 4 is 5.57 Å². The first-order valence-electron chi connectivity index (χ1n) is 11.8. The van der Waals surface area contributed by atoms with Gasteiger partial charge in [0.25, 0.3) is 0 Å². The van der Waals surface area contributed by atoms with Gasteiger partial charge in [-0.3, -0.25) is 4.90 Å². The average molecular weight is 439 g/mol. The van der Waals surface area contributed by atoms with E-state index in [0.717, 1.165) is 81.4 Å². The van der Waals surface area contributed by atoms with Crippen molar-refractivity contribution in [3.05, 3.63) is 53.2 Å². The summed E-state index contributed by atoms with van der Waals surface area (Å²) in [4.78, 5) is 9.15. The smallest absolute Gasteiger partial charge is 0.213 e. The molecule has 172 valence electrons. The number of furan rings is 1. The van der Waals surface area contributed by atoms with Crippen molar-refractivity contribution in [2.75, 3.05) is 46.5 Å². The standard InChI is InChI=1S/C25H34N4O3/c1-18-13-26-7-8-29(18)15-22-11-21-14-28(2)16-23(25(21)32-22)20-3-6-27-24(12-20)31-17-19-4-9-30-10-5-19/h3,6,11-12,16,18-19,26H,4-5,7-10,13-15,17H2,1-2H3. The highest BCUT2D eigenvalue weighted by Gasteiger charge is 2.25. The Hall–Kier alpha value is -2.35. The second-order valence-corrected chi connectivity index (χ2v) is 9.30. The maximum atomic E-state index is 6.44. The molecule has 3 aliphatic rings. The summed E-state index contributed by atoms with van der Waals surface area (Å²) < 4.78 is 17.9. The summed E-state index contributed by atoms with van der Waals surface area (Å²) in [5, 5.41) is 3.46. The van der Waals surface area contributed by atoms with Crippen LogP contribution < -0.4 is 10.1 Å². The molecule has 0 aliphatic carbocycles. The summed E-state index contributed by atoms with van der Waals surface area (Å²) in [5.41, 5.74) is 3.40. The van der Waals surface area contributed by atoms with E-state index < -0.39 is 0 Å². The summed E-state index contributed by atoms with van der Waals surface area (Å²) in [5.74, 6) is 3.23. The summed E-state index contributed by atoms with van der Waals surface area (Å²) in [7, 11) is 2.11. The number of aromatic nitrogens is 1. The molecule has 0 amide bonds. The summed E-state index contributed by atoms with van der Waals surface area (Å²) >= 11 is 0. The minimum Gasteiger partial charge on any atom is -0.477 e. The minimum atomic E-state index is 0.513. The van der Waals surface area contributed by atoms with Crippen molar-refractivity contribution in [3.8, 4) is 5.88 Å². The zero-order valence-corrected chi connectivity index (χ0v) is 19.2. The van der Waals surface area contributed by atoms with Crippen molar-refractivity contribution in [2.45, 2.75) is 38.9 Å². The Morgan fingerprint density at radius 1 is 1.25 bits per heavy atom. The van der Waals surface area contributed by atoms with Gasteiger partial charge in [0.1, 0.15) is 11.5 Å². The van der Waals surface area contributed by atoms with Crippen LogP contribution in [0.2, 0.25) is 0 Å². The first-order valence-corrected chi connectivity index (χ1v) is 11.8. The zero-order chi connectivity index (χ0) is 21.9. The van der Waals surface area contributed by atoms with Gasteiger partial charge in [-0.05, 0) is 43.4 Å². The molecule has 3 aliphatic heterocycles. The van der Waals surface area contributed by atoms with Crippen LogP contribution >= 0.6 is 0 Å². The van der Waals surface area contributed by atoms with Crippen LogP contribution in [0.4, 0.5) is 0 Å². The molecule has 5 heterocycles. The molecule has 0 bridgehead atoms. The highest BCUT2D eigenvalue weighted by molar-refractivity contribution is 5.79. The van der Waals surface area contributed by atoms with Gasteiger partial charge >= 0.3 is 0 Å². The van der Waals surface area contributed by atoms with Crippen molar-refractivity contribution in [1.29, 1.82) is 0 Å². The SMILES string of the molecule is CC1CNCCN1Cc1cc2c(o1)C(c1ccnc(OCC3CCOCC3)c1)=CN(C)C2. The van der Waals surface area contributed by atoms with Crippen molar-refractivity contribution in [1.82, 2.24) is 20.1 Å². The Labute approximate surface area is 190 Å². The molecule has 7 heteroatoms. The molecule has 2 aromatic heterocycles. The van der Waals surface area contributed by atoms with Crippen LogP contribution in [0.15, 0.2) is 35.0 Å². The number of fused-ring (bicyclic) bond motifs is 1. The lowest BCUT2D eigenvalue weighted by Crippen LogP contribution is -2.49. The minimum absolute atomic E-state index is 0.513. The molecular formula is C25H34N4O3. The van der Waals surface area contributed by atoms with Crippen LogP contribution in [0.3, 0.4) is 0 Å². The monoisotopic (exact) mass is 438 g/mol. The van der Waals surface area contributed by atoms with E-state index in [2.05, 4.69) is 46.3 Å². The van der Waals surface area contributed by atoms with Crippen LogP contribution in [-0.4, -0.2) is 67.3 Å². The van der Waals surface area contributed by atoms with E-state index in [1.807, 2.05) is 18.3 Å². The van der Waals surface area contributed by atoms with Crippen LogP contribution in [0, 0.1) is 5.92 Å². The van der Waals surface area contributed by atoms with Crippen LogP contribution in [-0.2, 0) is 17.8 Å². The molecule has 1 atom stereocenters. The van der Waals surface area contributed by atoms with E-state index in [-0.39, 0.29) is 0 Å². The summed E-state index contributed by atoms with van der Waals surface area (Å²) in [6, 6.07) is 6.82. The fourth-order valence-corrected chi connectivity index (χ4v) is 4.80. The van der Waals surface area contributed by atoms with Gasteiger partial charge in [0, 0.05) is 82.1 Å². The molecule has 32 heavy (non-hydrogen) atoms. The Morgan fingerprint density at radius 2 is 2.12 bits per heavy atom. The molecule has 2 fully saturated rings. The predicted molar refractivity (Wildman–Crippen MR) is 123 cm³/mol. The number of nitrogens with zero attached hydrogens (tertiary/aromatic N) is 3. The van der Waals surface area contributed by atoms with E-state index in [1.165, 1.54) is 5.56 Å². The maximum absolute atomic E-state index is 6.44. The van der Waals surface area contributed by atoms with Gasteiger partial charge in [-0.2, -0.15) is 0 Å². The topological polar surface area (TPSA) is 63.0 Å². The Kier molecular flexibility index (Phi) is 6.48. The average Bonchev–Trinajstić information content (AvgIpc) is 3.22. The number of rotatable bonds is 6. The third-order valence-electron chi connectivity index (χ3n) is 6.73. The van der Waals surface area contributed by atoms with Gasteiger partial charge in [-0.25, -0.2) is 4.98 Å². The van der Waals surface area contributed by atoms with E-state index in [1.54, 1.807) is 0 Å². The first kappa shape index (κ1) is 21.5. The molecule has 2 aromatic rings. The molecule has 0 aromatic carbocycles. The van der Waals surface area contributed by atoms with E-state index in [0.29, 0.717) is 24.4 Å². The fraction of sp³-hybridized carbons (Fsp3) is 0.560. The molecule has 5 rings (SSSR count). The third-order valence-corrected chi connectivity index (χ3v) is 6.73. The Balaban J connectivity index is 1.33. The number of hydrogen-bond donors (Lipinski definition) is 1. The third kappa shape index (κ3) is 4.85. The van der Waals surface area contributed by atoms with Gasteiger partial charge in [-0.15, -0.1) is 0 Å². The van der Waals surface area contributed by atoms with Crippen molar-refractivity contribution in [2.24, 2.45) is 5.92 Å². The predicted octanol–water partition coefficient (Wildman–Crippen LogP) is 3.11. The highest BCUT2D eigenvalue weighted by atomic mass is 16.5. The Bertz CT molecular complexity index is 950. The number of nitrogens with one attached hydrogen (secondary N) is 1. The van der Waals surface area contributed by atoms with Crippen molar-refractivity contribution in [3.63, 3.8) is 0 Å². The molecule has 0 spiro atoms. The van der Waals surface area contributed by atoms with Crippen LogP contribution in [0.25, 0.3) is 5.57 Å². The van der Waals surface area contributed by atoms with Gasteiger partial charge in [0.05, 0.1) is 13.2 Å². The molecule has 0 radical (unpaired) electrons. The Morgan fingerprint density at radius 3 is 2.97 bits per heavy atom. The van der Waals surface area contributed by atoms with Gasteiger partial charge in [0.15, 0.2) is 0 Å². The molecule has 2 saturated heterocycles. The lowest BCUT2D eigenvalue weighted by molar-refractivity contribution is 0.0490. The second kappa shape index (κ2) is 9.65. The molecule has 1 unspecified atom stereocenters. The molecule has 1 N–H and O–H groups in total. The van der Waals surface area contributed by atoms with Gasteiger partial charge < -0.3 is 24.1 Å². The maximum Gasteiger partial charge on any atom is 0.213 e. The number of piperazine rings is 1.